The van der Waals surface area contributed by atoms with Crippen LogP contribution in [-0.2, 0) is 4.74 Å². The largest absolute Gasteiger partial charge is 0.477 e. The first-order valence-electron chi connectivity index (χ1n) is 4.50. The maximum Gasteiger partial charge on any atom is 0.202 e. The summed E-state index contributed by atoms with van der Waals surface area (Å²) in [7, 11) is 0. The molecule has 0 fully saturated rings. The van der Waals surface area contributed by atoms with E-state index in [2.05, 4.69) is 18.8 Å². The predicted octanol–water partition coefficient (Wildman–Crippen LogP) is 2.60. The van der Waals surface area contributed by atoms with Gasteiger partial charge in [0.05, 0.1) is 5.54 Å². The summed E-state index contributed by atoms with van der Waals surface area (Å²) in [6.07, 6.45) is 2.05. The molecule has 0 aromatic carbocycles. The molecular formula is C9H16ClNO. The van der Waals surface area contributed by atoms with Crippen LogP contribution >= 0.6 is 11.6 Å². The Morgan fingerprint density at radius 1 is 1.58 bits per heavy atom. The van der Waals surface area contributed by atoms with E-state index in [0.717, 1.165) is 12.8 Å². The maximum atomic E-state index is 5.87. The lowest BCUT2D eigenvalue weighted by Crippen LogP contribution is -2.25. The Balaban J connectivity index is 2.73. The number of hydrogen-bond acceptors (Lipinski definition) is 2. The molecule has 1 atom stereocenters. The van der Waals surface area contributed by atoms with Gasteiger partial charge in [-0.25, -0.2) is 4.99 Å². The molecule has 0 bridgehead atoms. The molecule has 1 aliphatic heterocycles. The molecule has 0 radical (unpaired) electrons. The first-order valence-corrected chi connectivity index (χ1v) is 4.94. The number of rotatable bonds is 3. The molecular weight excluding hydrogens is 174 g/mol. The SMILES string of the molecule is CCC1(CC)COC(C(C)Cl)=N1. The highest BCUT2D eigenvalue weighted by molar-refractivity contribution is 6.30. The molecule has 0 amide bonds. The Bertz CT molecular complexity index is 185. The van der Waals surface area contributed by atoms with E-state index < -0.39 is 0 Å². The van der Waals surface area contributed by atoms with Crippen molar-refractivity contribution in [2.45, 2.75) is 44.5 Å². The zero-order valence-corrected chi connectivity index (χ0v) is 8.69. The monoisotopic (exact) mass is 189 g/mol. The second kappa shape index (κ2) is 3.65. The Hall–Kier alpha value is -0.240. The van der Waals surface area contributed by atoms with Crippen LogP contribution in [0.3, 0.4) is 0 Å². The van der Waals surface area contributed by atoms with Crippen LogP contribution < -0.4 is 0 Å². The van der Waals surface area contributed by atoms with Gasteiger partial charge in [-0.05, 0) is 19.8 Å². The third-order valence-corrected chi connectivity index (χ3v) is 2.68. The van der Waals surface area contributed by atoms with E-state index in [1.165, 1.54) is 0 Å². The Labute approximate surface area is 79.0 Å². The molecule has 2 nitrogen and oxygen atoms in total. The first kappa shape index (κ1) is 9.85. The van der Waals surface area contributed by atoms with Crippen LogP contribution in [0.25, 0.3) is 0 Å². The van der Waals surface area contributed by atoms with Gasteiger partial charge in [-0.1, -0.05) is 13.8 Å². The number of halogens is 1. The van der Waals surface area contributed by atoms with Gasteiger partial charge in [-0.15, -0.1) is 11.6 Å². The topological polar surface area (TPSA) is 21.6 Å². The summed E-state index contributed by atoms with van der Waals surface area (Å²) in [5, 5.41) is -0.0926. The number of alkyl halides is 1. The maximum absolute atomic E-state index is 5.87. The number of hydrogen-bond donors (Lipinski definition) is 0. The van der Waals surface area contributed by atoms with Crippen molar-refractivity contribution in [3.63, 3.8) is 0 Å². The van der Waals surface area contributed by atoms with Crippen LogP contribution in [0.5, 0.6) is 0 Å². The highest BCUT2D eigenvalue weighted by Crippen LogP contribution is 2.27. The van der Waals surface area contributed by atoms with Crippen LogP contribution in [0.1, 0.15) is 33.6 Å². The zero-order chi connectivity index (χ0) is 9.19. The van der Waals surface area contributed by atoms with E-state index in [-0.39, 0.29) is 10.9 Å². The summed E-state index contributed by atoms with van der Waals surface area (Å²) in [6, 6.07) is 0. The van der Waals surface area contributed by atoms with Gasteiger partial charge in [-0.3, -0.25) is 0 Å². The molecule has 0 N–H and O–H groups in total. The standard InChI is InChI=1S/C9H16ClNO/c1-4-9(5-2)6-12-8(11-9)7(3)10/h7H,4-6H2,1-3H3. The van der Waals surface area contributed by atoms with Crippen molar-refractivity contribution in [2.75, 3.05) is 6.61 Å². The third-order valence-electron chi connectivity index (χ3n) is 2.49. The van der Waals surface area contributed by atoms with E-state index in [1.807, 2.05) is 6.92 Å². The predicted molar refractivity (Wildman–Crippen MR) is 52.0 cm³/mol. The molecule has 1 unspecified atom stereocenters. The van der Waals surface area contributed by atoms with Crippen molar-refractivity contribution in [3.8, 4) is 0 Å². The smallest absolute Gasteiger partial charge is 0.202 e. The van der Waals surface area contributed by atoms with E-state index in [1.54, 1.807) is 0 Å². The molecule has 1 heterocycles. The van der Waals surface area contributed by atoms with Crippen LogP contribution in [0, 0.1) is 0 Å². The minimum Gasteiger partial charge on any atom is -0.477 e. The lowest BCUT2D eigenvalue weighted by atomic mass is 9.96. The molecule has 0 aromatic heterocycles. The molecule has 0 aliphatic carbocycles. The first-order chi connectivity index (χ1) is 5.63. The van der Waals surface area contributed by atoms with Crippen molar-refractivity contribution >= 4 is 17.5 Å². The molecule has 0 aromatic rings. The summed E-state index contributed by atoms with van der Waals surface area (Å²) >= 11 is 5.87. The molecule has 0 spiro atoms. The molecule has 1 rings (SSSR count). The summed E-state index contributed by atoms with van der Waals surface area (Å²) in [4.78, 5) is 4.52. The van der Waals surface area contributed by atoms with Gasteiger partial charge in [0.25, 0.3) is 0 Å². The van der Waals surface area contributed by atoms with E-state index in [0.29, 0.717) is 12.5 Å². The van der Waals surface area contributed by atoms with Crippen LogP contribution in [-0.4, -0.2) is 23.4 Å². The van der Waals surface area contributed by atoms with Crippen molar-refractivity contribution in [2.24, 2.45) is 4.99 Å². The van der Waals surface area contributed by atoms with E-state index in [9.17, 15) is 0 Å². The summed E-state index contributed by atoms with van der Waals surface area (Å²) in [5.74, 6) is 0.709. The highest BCUT2D eigenvalue weighted by Gasteiger charge is 2.34. The van der Waals surface area contributed by atoms with Crippen LogP contribution in [0.15, 0.2) is 4.99 Å². The second-order valence-corrected chi connectivity index (χ2v) is 3.94. The van der Waals surface area contributed by atoms with Crippen LogP contribution in [0.2, 0.25) is 0 Å². The minimum atomic E-state index is -0.0926. The van der Waals surface area contributed by atoms with Gasteiger partial charge in [0.1, 0.15) is 12.0 Å². The van der Waals surface area contributed by atoms with Crippen molar-refractivity contribution in [1.29, 1.82) is 0 Å². The van der Waals surface area contributed by atoms with Crippen LogP contribution in [0.4, 0.5) is 0 Å². The van der Waals surface area contributed by atoms with Gasteiger partial charge in [0, 0.05) is 0 Å². The lowest BCUT2D eigenvalue weighted by Gasteiger charge is -2.18. The number of nitrogens with zero attached hydrogens (tertiary/aromatic N) is 1. The quantitative estimate of drug-likeness (QED) is 0.626. The Kier molecular flexibility index (Phi) is 2.99. The molecule has 3 heteroatoms. The molecule has 1 aliphatic rings. The van der Waals surface area contributed by atoms with Gasteiger partial charge in [-0.2, -0.15) is 0 Å². The molecule has 70 valence electrons. The fourth-order valence-corrected chi connectivity index (χ4v) is 1.43. The Morgan fingerprint density at radius 3 is 2.42 bits per heavy atom. The normalized spacial score (nSPS) is 23.2. The molecule has 0 saturated carbocycles. The molecule has 12 heavy (non-hydrogen) atoms. The third kappa shape index (κ3) is 1.74. The lowest BCUT2D eigenvalue weighted by molar-refractivity contribution is 0.241. The number of aliphatic imine (C=N–C) groups is 1. The van der Waals surface area contributed by atoms with Gasteiger partial charge in [0.2, 0.25) is 5.90 Å². The summed E-state index contributed by atoms with van der Waals surface area (Å²) in [5.41, 5.74) is 0.0124. The van der Waals surface area contributed by atoms with E-state index >= 15 is 0 Å². The fraction of sp³-hybridized carbons (Fsp3) is 0.889. The van der Waals surface area contributed by atoms with Gasteiger partial charge in [0.15, 0.2) is 0 Å². The summed E-state index contributed by atoms with van der Waals surface area (Å²) < 4.78 is 5.43. The average Bonchev–Trinajstić information content (AvgIpc) is 2.49. The fourth-order valence-electron chi connectivity index (χ4n) is 1.32. The molecule has 0 saturated heterocycles. The highest BCUT2D eigenvalue weighted by atomic mass is 35.5. The summed E-state index contributed by atoms with van der Waals surface area (Å²) in [6.45, 7) is 6.87. The van der Waals surface area contributed by atoms with Crippen molar-refractivity contribution < 1.29 is 4.74 Å². The van der Waals surface area contributed by atoms with Crippen molar-refractivity contribution in [3.05, 3.63) is 0 Å². The zero-order valence-electron chi connectivity index (χ0n) is 7.93. The second-order valence-electron chi connectivity index (χ2n) is 3.29. The van der Waals surface area contributed by atoms with Gasteiger partial charge >= 0.3 is 0 Å². The number of ether oxygens (including phenoxy) is 1. The minimum absolute atomic E-state index is 0.0124. The van der Waals surface area contributed by atoms with Gasteiger partial charge < -0.3 is 4.74 Å². The van der Waals surface area contributed by atoms with Crippen molar-refractivity contribution in [1.82, 2.24) is 0 Å². The Morgan fingerprint density at radius 2 is 2.17 bits per heavy atom. The van der Waals surface area contributed by atoms with E-state index in [4.69, 9.17) is 16.3 Å². The average molecular weight is 190 g/mol.